The van der Waals surface area contributed by atoms with E-state index < -0.39 is 15.7 Å². The first kappa shape index (κ1) is 19.6. The third kappa shape index (κ3) is 6.28. The molecule has 1 aromatic carbocycles. The zero-order valence-corrected chi connectivity index (χ0v) is 15.4. The summed E-state index contributed by atoms with van der Waals surface area (Å²) in [6, 6.07) is 9.27. The molecule has 0 radical (unpaired) electrons. The zero-order chi connectivity index (χ0) is 17.5. The Hall–Kier alpha value is -1.46. The van der Waals surface area contributed by atoms with Gasteiger partial charge in [-0.1, -0.05) is 37.3 Å². The molecule has 128 valence electrons. The summed E-state index contributed by atoms with van der Waals surface area (Å²) in [7, 11) is -1.26. The number of carbonyl (C=O) groups excluding carboxylic acids is 1. The molecule has 0 aromatic heterocycles. The Bertz CT molecular complexity index is 561. The van der Waals surface area contributed by atoms with Gasteiger partial charge in [-0.05, 0) is 45.8 Å². The smallest absolute Gasteiger partial charge is 0.335 e. The van der Waals surface area contributed by atoms with E-state index in [0.29, 0.717) is 18.6 Å². The lowest BCUT2D eigenvalue weighted by Crippen LogP contribution is -2.42. The lowest BCUT2D eigenvalue weighted by atomic mass is 10.0. The van der Waals surface area contributed by atoms with Gasteiger partial charge in [-0.25, -0.2) is 13.7 Å². The molecule has 0 aliphatic heterocycles. The first-order valence-electron chi connectivity index (χ1n) is 7.91. The van der Waals surface area contributed by atoms with Crippen LogP contribution in [0.5, 0.6) is 0 Å². The molecule has 23 heavy (non-hydrogen) atoms. The van der Waals surface area contributed by atoms with Crippen LogP contribution in [0.1, 0.15) is 46.6 Å². The van der Waals surface area contributed by atoms with Gasteiger partial charge in [0.25, 0.3) is 0 Å². The van der Waals surface area contributed by atoms with Crippen LogP contribution in [0.25, 0.3) is 6.08 Å². The van der Waals surface area contributed by atoms with Crippen molar-refractivity contribution in [3.8, 4) is 0 Å². The van der Waals surface area contributed by atoms with Crippen LogP contribution in [0.2, 0.25) is 0 Å². The van der Waals surface area contributed by atoms with E-state index in [1.807, 2.05) is 58.0 Å². The minimum Gasteiger partial charge on any atom is -0.463 e. The van der Waals surface area contributed by atoms with Gasteiger partial charge in [0.15, 0.2) is 0 Å². The summed E-state index contributed by atoms with van der Waals surface area (Å²) in [5.74, 6) is -0.374. The minimum atomic E-state index is -1.26. The lowest BCUT2D eigenvalue weighted by molar-refractivity contribution is -0.138. The highest BCUT2D eigenvalue weighted by molar-refractivity contribution is 7.84. The van der Waals surface area contributed by atoms with Crippen molar-refractivity contribution in [1.82, 2.24) is 4.72 Å². The van der Waals surface area contributed by atoms with Crippen molar-refractivity contribution >= 4 is 23.0 Å². The van der Waals surface area contributed by atoms with Crippen LogP contribution in [0.4, 0.5) is 0 Å². The number of benzene rings is 1. The molecule has 0 fully saturated rings. The Labute approximate surface area is 141 Å². The van der Waals surface area contributed by atoms with Gasteiger partial charge in [-0.2, -0.15) is 0 Å². The third-order valence-corrected chi connectivity index (χ3v) is 4.83. The average molecular weight is 337 g/mol. The molecular formula is C18H27NO3S. The van der Waals surface area contributed by atoms with Crippen LogP contribution >= 0.6 is 0 Å². The summed E-state index contributed by atoms with van der Waals surface area (Å²) in [6.07, 6.45) is 2.44. The van der Waals surface area contributed by atoms with Crippen molar-refractivity contribution < 1.29 is 13.7 Å². The first-order valence-corrected chi connectivity index (χ1v) is 9.06. The molecule has 0 spiro atoms. The second-order valence-electron chi connectivity index (χ2n) is 6.19. The second kappa shape index (κ2) is 8.99. The van der Waals surface area contributed by atoms with Crippen LogP contribution in [0, 0.1) is 0 Å². The van der Waals surface area contributed by atoms with E-state index in [2.05, 4.69) is 4.72 Å². The van der Waals surface area contributed by atoms with Gasteiger partial charge in [-0.3, -0.25) is 0 Å². The van der Waals surface area contributed by atoms with Crippen molar-refractivity contribution in [2.75, 3.05) is 6.61 Å². The molecule has 0 amide bonds. The first-order chi connectivity index (χ1) is 10.8. The largest absolute Gasteiger partial charge is 0.463 e. The van der Waals surface area contributed by atoms with Gasteiger partial charge in [0.05, 0.1) is 34.0 Å². The molecule has 1 aromatic rings. The molecule has 0 heterocycles. The number of hydrogen-bond donors (Lipinski definition) is 1. The Balaban J connectivity index is 3.13. The maximum Gasteiger partial charge on any atom is 0.335 e. The molecule has 0 aliphatic rings. The molecule has 0 saturated carbocycles. The SMILES string of the molecule is CCOC(=O)/C(=C\c1ccccc1)[C@H](CC)N[S@](=O)C(C)(C)C. The van der Waals surface area contributed by atoms with Crippen LogP contribution in [-0.4, -0.2) is 27.6 Å². The maximum atomic E-state index is 12.4. The standard InChI is InChI=1S/C18H27NO3S/c1-6-16(19-23(21)18(3,4)5)15(17(20)22-7-2)13-14-11-9-8-10-12-14/h8-13,16,19H,6-7H2,1-5H3/b15-13-/t16-,23+/m0/s1. The molecule has 0 unspecified atom stereocenters. The van der Waals surface area contributed by atoms with Crippen molar-refractivity contribution in [2.24, 2.45) is 0 Å². The molecule has 0 saturated heterocycles. The molecule has 5 heteroatoms. The summed E-state index contributed by atoms with van der Waals surface area (Å²) >= 11 is 0. The van der Waals surface area contributed by atoms with Gasteiger partial charge in [0.1, 0.15) is 0 Å². The van der Waals surface area contributed by atoms with E-state index >= 15 is 0 Å². The molecule has 4 nitrogen and oxygen atoms in total. The highest BCUT2D eigenvalue weighted by atomic mass is 32.2. The minimum absolute atomic E-state index is 0.309. The molecule has 0 aliphatic carbocycles. The summed E-state index contributed by atoms with van der Waals surface area (Å²) in [6.45, 7) is 9.73. The fourth-order valence-corrected chi connectivity index (χ4v) is 2.82. The molecular weight excluding hydrogens is 310 g/mol. The molecule has 2 atom stereocenters. The summed E-state index contributed by atoms with van der Waals surface area (Å²) in [5.41, 5.74) is 1.41. The zero-order valence-electron chi connectivity index (χ0n) is 14.6. The quantitative estimate of drug-likeness (QED) is 0.612. The monoisotopic (exact) mass is 337 g/mol. The van der Waals surface area contributed by atoms with E-state index in [0.717, 1.165) is 5.56 Å². The molecule has 1 N–H and O–H groups in total. The third-order valence-electron chi connectivity index (χ3n) is 3.22. The topological polar surface area (TPSA) is 55.4 Å². The van der Waals surface area contributed by atoms with Crippen molar-refractivity contribution in [2.45, 2.75) is 51.8 Å². The van der Waals surface area contributed by atoms with Crippen LogP contribution < -0.4 is 4.72 Å². The van der Waals surface area contributed by atoms with Crippen molar-refractivity contribution in [3.05, 3.63) is 41.5 Å². The fraction of sp³-hybridized carbons (Fsp3) is 0.500. The lowest BCUT2D eigenvalue weighted by Gasteiger charge is -2.24. The van der Waals surface area contributed by atoms with Gasteiger partial charge in [-0.15, -0.1) is 0 Å². The Morgan fingerprint density at radius 1 is 1.26 bits per heavy atom. The Kier molecular flexibility index (Phi) is 7.65. The number of esters is 1. The molecule has 1 rings (SSSR count). The number of carbonyl (C=O) groups is 1. The summed E-state index contributed by atoms with van der Waals surface area (Å²) in [5, 5.41) is 0. The van der Waals surface area contributed by atoms with E-state index in [-0.39, 0.29) is 12.0 Å². The predicted molar refractivity (Wildman–Crippen MR) is 96.2 cm³/mol. The Morgan fingerprint density at radius 3 is 2.35 bits per heavy atom. The van der Waals surface area contributed by atoms with Crippen LogP contribution in [-0.2, 0) is 20.5 Å². The van der Waals surface area contributed by atoms with Gasteiger partial charge in [0, 0.05) is 0 Å². The number of nitrogens with one attached hydrogen (secondary N) is 1. The second-order valence-corrected chi connectivity index (χ2v) is 8.19. The van der Waals surface area contributed by atoms with Gasteiger partial charge in [0.2, 0.25) is 0 Å². The number of rotatable bonds is 7. The normalized spacial score (nSPS) is 15.1. The van der Waals surface area contributed by atoms with E-state index in [1.54, 1.807) is 13.0 Å². The number of ether oxygens (including phenoxy) is 1. The van der Waals surface area contributed by atoms with Crippen molar-refractivity contribution in [1.29, 1.82) is 0 Å². The van der Waals surface area contributed by atoms with E-state index in [4.69, 9.17) is 4.74 Å². The highest BCUT2D eigenvalue weighted by Crippen LogP contribution is 2.18. The van der Waals surface area contributed by atoms with Gasteiger partial charge >= 0.3 is 5.97 Å². The van der Waals surface area contributed by atoms with E-state index in [9.17, 15) is 9.00 Å². The summed E-state index contributed by atoms with van der Waals surface area (Å²) in [4.78, 5) is 12.3. The van der Waals surface area contributed by atoms with Crippen molar-refractivity contribution in [3.63, 3.8) is 0 Å². The van der Waals surface area contributed by atoms with Crippen LogP contribution in [0.15, 0.2) is 35.9 Å². The Morgan fingerprint density at radius 2 is 1.87 bits per heavy atom. The fourth-order valence-electron chi connectivity index (χ4n) is 1.92. The number of hydrogen-bond acceptors (Lipinski definition) is 3. The van der Waals surface area contributed by atoms with Crippen LogP contribution in [0.3, 0.4) is 0 Å². The highest BCUT2D eigenvalue weighted by Gasteiger charge is 2.27. The molecule has 0 bridgehead atoms. The average Bonchev–Trinajstić information content (AvgIpc) is 2.50. The van der Waals surface area contributed by atoms with Gasteiger partial charge < -0.3 is 4.74 Å². The summed E-state index contributed by atoms with van der Waals surface area (Å²) < 4.78 is 20.2. The maximum absolute atomic E-state index is 12.4. The van der Waals surface area contributed by atoms with E-state index in [1.165, 1.54) is 0 Å². The predicted octanol–water partition coefficient (Wildman–Crippen LogP) is 3.46.